The van der Waals surface area contributed by atoms with Crippen molar-refractivity contribution in [2.24, 2.45) is 0 Å². The smallest absolute Gasteiger partial charge is 0.0632 e. The van der Waals surface area contributed by atoms with Crippen molar-refractivity contribution in [2.45, 2.75) is 102 Å². The number of hydrogen-bond acceptors (Lipinski definition) is 2. The Bertz CT molecular complexity index is 3080. The van der Waals surface area contributed by atoms with E-state index in [0.717, 1.165) is 12.1 Å². The molecule has 0 fully saturated rings. The van der Waals surface area contributed by atoms with Crippen LogP contribution in [-0.4, -0.2) is 0 Å². The Morgan fingerprint density at radius 2 is 1.10 bits per heavy atom. The number of anilines is 3. The summed E-state index contributed by atoms with van der Waals surface area (Å²) in [5, 5.41) is 2.50. The maximum Gasteiger partial charge on any atom is 0.0632 e. The fraction of sp³-hybridized carbons (Fsp3) is 0.400. The van der Waals surface area contributed by atoms with Crippen LogP contribution in [0, 0.1) is 0 Å². The Balaban J connectivity index is 2.15. The second-order valence-electron chi connectivity index (χ2n) is 9.71. The minimum Gasteiger partial charge on any atom is -0.397 e. The van der Waals surface area contributed by atoms with Gasteiger partial charge in [-0.15, -0.1) is 0 Å². The lowest BCUT2D eigenvalue weighted by Gasteiger charge is -2.42. The maximum atomic E-state index is 9.88. The van der Waals surface area contributed by atoms with Gasteiger partial charge >= 0.3 is 0 Å². The molecule has 218 valence electrons. The number of nitrogen functional groups attached to an aromatic ring is 1. The van der Waals surface area contributed by atoms with Crippen LogP contribution in [0.15, 0.2) is 78.6 Å². The molecule has 4 aromatic carbocycles. The number of nitrogens with one attached hydrogen (secondary N) is 1. The summed E-state index contributed by atoms with van der Waals surface area (Å²) in [4.78, 5) is 0. The molecule has 0 aliphatic heterocycles. The Hall–Kier alpha value is -3.52. The Kier molecular flexibility index (Phi) is 1.76. The summed E-state index contributed by atoms with van der Waals surface area (Å²) < 4.78 is 368. The summed E-state index contributed by atoms with van der Waals surface area (Å²) >= 11 is 0. The second-order valence-corrected chi connectivity index (χ2v) is 9.71. The fourth-order valence-electron chi connectivity index (χ4n) is 4.46. The Morgan fingerprint density at radius 3 is 1.55 bits per heavy atom. The van der Waals surface area contributed by atoms with E-state index in [4.69, 9.17) is 44.1 Å². The van der Waals surface area contributed by atoms with Crippen LogP contribution in [0.2, 0.25) is 0 Å². The monoisotopic (exact) mass is 598 g/mol. The molecule has 0 atom stereocenters. The van der Waals surface area contributed by atoms with Gasteiger partial charge in [-0.1, -0.05) is 121 Å². The van der Waals surface area contributed by atoms with Crippen molar-refractivity contribution in [1.82, 2.24) is 0 Å². The van der Waals surface area contributed by atoms with Crippen molar-refractivity contribution in [3.8, 4) is 22.3 Å². The lowest BCUT2D eigenvalue weighted by atomic mass is 9.62. The van der Waals surface area contributed by atoms with Crippen LogP contribution in [-0.2, 0) is 21.7 Å². The Labute approximate surface area is 311 Å². The van der Waals surface area contributed by atoms with E-state index in [2.05, 4.69) is 5.32 Å². The SMILES string of the molecule is [2H]c1c([2H])c(-c2c([2H])c([2H])c3c(c2[2H])C(C([2H])([2H])[2H])(C([2H])([2H])[2H])C([2H])([2H])C([2H])([2H])C3(C([2H])([2H])[2H])C([2H])([2H])[2H])c(Nc2ccccc2N)c(-c2c([2H])c([2H])c3c(c2[2H])C(C([2H])([2H])[2H])(C([2H])([2H])[2H])C([2H])([2H])C([2H])([2H])C3(C([2H])([2H])[2H])C([2H])([2H])[2H])c1[2H]. The number of nitrogens with two attached hydrogens (primary N) is 1. The van der Waals surface area contributed by atoms with Crippen molar-refractivity contribution in [1.29, 1.82) is 0 Å². The second kappa shape index (κ2) is 9.76. The van der Waals surface area contributed by atoms with Gasteiger partial charge in [0.1, 0.15) is 0 Å². The molecular weight excluding hydrogens is 508 g/mol. The van der Waals surface area contributed by atoms with E-state index in [1.165, 1.54) is 12.1 Å². The van der Waals surface area contributed by atoms with Gasteiger partial charge in [-0.05, 0) is 92.7 Å². The van der Waals surface area contributed by atoms with E-state index >= 15 is 0 Å². The van der Waals surface area contributed by atoms with Gasteiger partial charge in [0.15, 0.2) is 0 Å². The summed E-state index contributed by atoms with van der Waals surface area (Å²) in [6, 6.07) is -11.7. The van der Waals surface area contributed by atoms with E-state index in [1.807, 2.05) is 0 Å². The van der Waals surface area contributed by atoms with E-state index in [-0.39, 0.29) is 0 Å². The molecule has 2 aliphatic rings. The predicted molar refractivity (Wildman–Crippen MR) is 182 cm³/mol. The quantitative estimate of drug-likeness (QED) is 0.230. The molecular formula is C40H48N2. The highest BCUT2D eigenvalue weighted by Gasteiger charge is 2.38. The van der Waals surface area contributed by atoms with E-state index < -0.39 is 218 Å². The van der Waals surface area contributed by atoms with Gasteiger partial charge in [0, 0.05) is 55.0 Å². The molecule has 0 saturated heterocycles. The minimum atomic E-state index is -4.90. The lowest BCUT2D eigenvalue weighted by molar-refractivity contribution is 0.332. The van der Waals surface area contributed by atoms with Gasteiger partial charge in [0.2, 0.25) is 0 Å². The van der Waals surface area contributed by atoms with Crippen LogP contribution in [0.25, 0.3) is 22.3 Å². The van der Waals surface area contributed by atoms with Crippen LogP contribution in [0.4, 0.5) is 17.1 Å². The first kappa shape index (κ1) is 7.57. The third-order valence-electron chi connectivity index (χ3n) is 6.60. The zero-order valence-electron chi connectivity index (χ0n) is 62.4. The molecule has 42 heavy (non-hydrogen) atoms. The summed E-state index contributed by atoms with van der Waals surface area (Å²) in [6.45, 7) is -36.7. The standard InChI is InChI=1S/C40H48N2/c1-37(2)20-22-39(5,6)32-24-26(16-18-30(32)37)28-12-11-13-29(36(28)42-35-15-10-9-14-34(35)41)27-17-19-31-33(25-27)40(7,8)23-21-38(31,3)4/h9-19,24-25,42H,20-23,41H2,1-8H3/i1D3,2D3,3D3,4D3,5D3,6D3,7D3,8D3,11D,12D,13D,16D,17D,18D,19D,20D2,21D2,22D2,23D2,24D,25D. The largest absolute Gasteiger partial charge is 0.397 e. The van der Waals surface area contributed by atoms with Crippen molar-refractivity contribution in [2.75, 3.05) is 11.1 Å². The van der Waals surface area contributed by atoms with Crippen LogP contribution in [0.5, 0.6) is 0 Å². The third kappa shape index (κ3) is 4.83. The highest BCUT2D eigenvalue weighted by Crippen LogP contribution is 2.50. The first-order valence-electron chi connectivity index (χ1n) is 32.6. The molecule has 2 aliphatic carbocycles. The van der Waals surface area contributed by atoms with Crippen molar-refractivity contribution >= 4 is 17.1 Å². The van der Waals surface area contributed by atoms with Gasteiger partial charge in [-0.2, -0.15) is 0 Å². The van der Waals surface area contributed by atoms with Gasteiger partial charge in [-0.25, -0.2) is 0 Å². The summed E-state index contributed by atoms with van der Waals surface area (Å²) in [5.74, 6) is 0. The number of fused-ring (bicyclic) bond motifs is 2. The molecule has 0 spiro atoms. The fourth-order valence-corrected chi connectivity index (χ4v) is 4.46. The molecule has 0 heterocycles. The molecule has 3 N–H and O–H groups in total. The predicted octanol–water partition coefficient (Wildman–Crippen LogP) is 11.0. The maximum absolute atomic E-state index is 9.88. The van der Waals surface area contributed by atoms with Crippen LogP contribution in [0.1, 0.15) is 159 Å². The molecule has 0 bridgehead atoms. The molecule has 2 nitrogen and oxygen atoms in total. The molecule has 0 unspecified atom stereocenters. The first-order chi connectivity index (χ1) is 36.6. The van der Waals surface area contributed by atoms with E-state index in [9.17, 15) is 17.8 Å². The number of hydrogen-bond donors (Lipinski definition) is 2. The van der Waals surface area contributed by atoms with Gasteiger partial charge in [-0.3, -0.25) is 0 Å². The number of para-hydroxylation sites is 3. The molecule has 6 rings (SSSR count). The van der Waals surface area contributed by atoms with Crippen molar-refractivity contribution in [3.63, 3.8) is 0 Å². The number of benzene rings is 4. The number of rotatable bonds is 4. The average Bonchev–Trinajstić information content (AvgIpc) is 0.674. The molecule has 4 aromatic rings. The average molecular weight is 598 g/mol. The molecule has 0 saturated carbocycles. The third-order valence-corrected chi connectivity index (χ3v) is 6.60. The topological polar surface area (TPSA) is 38.0 Å². The highest BCUT2D eigenvalue weighted by molar-refractivity contribution is 5.94. The van der Waals surface area contributed by atoms with Gasteiger partial charge in [0.05, 0.1) is 29.4 Å². The molecule has 0 amide bonds. The summed E-state index contributed by atoms with van der Waals surface area (Å²) in [7, 11) is 0. The zero-order chi connectivity index (χ0) is 65.1. The zero-order valence-corrected chi connectivity index (χ0v) is 21.4. The van der Waals surface area contributed by atoms with E-state index in [1.54, 1.807) is 0 Å². The van der Waals surface area contributed by atoms with Crippen LogP contribution >= 0.6 is 0 Å². The summed E-state index contributed by atoms with van der Waals surface area (Å²) in [6.07, 6.45) is -19.5. The van der Waals surface area contributed by atoms with Gasteiger partial charge in [0.25, 0.3) is 0 Å². The lowest BCUT2D eigenvalue weighted by Crippen LogP contribution is -2.33. The van der Waals surface area contributed by atoms with Crippen LogP contribution in [0.3, 0.4) is 0 Å². The highest BCUT2D eigenvalue weighted by atomic mass is 14.9. The van der Waals surface area contributed by atoms with Gasteiger partial charge < -0.3 is 11.1 Å². The Morgan fingerprint density at radius 1 is 0.643 bits per heavy atom. The minimum absolute atomic E-state index is 0.413. The van der Waals surface area contributed by atoms with Crippen LogP contribution < -0.4 is 11.1 Å². The molecule has 2 heteroatoms. The van der Waals surface area contributed by atoms with Crippen molar-refractivity contribution in [3.05, 3.63) is 101 Å². The first-order valence-corrected chi connectivity index (χ1v) is 12.1. The van der Waals surface area contributed by atoms with E-state index in [0.29, 0.717) is 0 Å². The summed E-state index contributed by atoms with van der Waals surface area (Å²) in [5.41, 5.74) is -29.3. The van der Waals surface area contributed by atoms with Crippen molar-refractivity contribution < 1.29 is 56.2 Å². The molecule has 0 aromatic heterocycles. The molecule has 0 radical (unpaired) electrons. The normalized spacial score (nSPS) is 40.9.